The lowest BCUT2D eigenvalue weighted by Crippen LogP contribution is -2.35. The molecule has 31 heavy (non-hydrogen) atoms. The molecule has 0 fully saturated rings. The van der Waals surface area contributed by atoms with E-state index in [0.29, 0.717) is 30.2 Å². The molecule has 1 aliphatic heterocycles. The Labute approximate surface area is 182 Å². The zero-order valence-corrected chi connectivity index (χ0v) is 17.6. The van der Waals surface area contributed by atoms with Gasteiger partial charge in [0, 0.05) is 29.9 Å². The van der Waals surface area contributed by atoms with Crippen LogP contribution in [0.3, 0.4) is 0 Å². The summed E-state index contributed by atoms with van der Waals surface area (Å²) in [5.74, 6) is 2.38. The number of fused-ring (bicyclic) bond motifs is 1. The molecule has 0 aromatic heterocycles. The van der Waals surface area contributed by atoms with E-state index in [1.54, 1.807) is 37.3 Å². The first-order valence-corrected chi connectivity index (χ1v) is 10.1. The molecule has 0 bridgehead atoms. The summed E-state index contributed by atoms with van der Waals surface area (Å²) in [5.41, 5.74) is 10.1. The number of amidine groups is 1. The molecule has 0 saturated carbocycles. The zero-order valence-electron chi connectivity index (χ0n) is 17.6. The SMILES string of the molecule is C#CCN=C(N)c1ccc(NC(=O)c2ccc3c(c2)CCN(CC(=O)OCC)C3)cc1. The maximum absolute atomic E-state index is 12.7. The summed E-state index contributed by atoms with van der Waals surface area (Å²) in [7, 11) is 0. The molecular formula is C24H26N4O3. The lowest BCUT2D eigenvalue weighted by molar-refractivity contribution is -0.144. The molecule has 0 aliphatic carbocycles. The van der Waals surface area contributed by atoms with Crippen LogP contribution >= 0.6 is 0 Å². The average Bonchev–Trinajstić information content (AvgIpc) is 2.77. The van der Waals surface area contributed by atoms with E-state index >= 15 is 0 Å². The van der Waals surface area contributed by atoms with Crippen molar-refractivity contribution in [1.29, 1.82) is 0 Å². The number of hydrogen-bond acceptors (Lipinski definition) is 5. The van der Waals surface area contributed by atoms with E-state index in [-0.39, 0.29) is 25.0 Å². The van der Waals surface area contributed by atoms with Crippen LogP contribution in [0.1, 0.15) is 34.0 Å². The average molecular weight is 418 g/mol. The fourth-order valence-electron chi connectivity index (χ4n) is 3.43. The molecule has 7 heteroatoms. The molecule has 1 aliphatic rings. The number of esters is 1. The van der Waals surface area contributed by atoms with Crippen molar-refractivity contribution in [2.45, 2.75) is 19.9 Å². The summed E-state index contributed by atoms with van der Waals surface area (Å²) >= 11 is 0. The number of carbonyl (C=O) groups is 2. The highest BCUT2D eigenvalue weighted by atomic mass is 16.5. The van der Waals surface area contributed by atoms with Gasteiger partial charge in [-0.05, 0) is 60.9 Å². The fourth-order valence-corrected chi connectivity index (χ4v) is 3.43. The fraction of sp³-hybridized carbons (Fsp3) is 0.292. The van der Waals surface area contributed by atoms with Crippen LogP contribution in [-0.4, -0.2) is 48.9 Å². The Morgan fingerprint density at radius 1 is 1.19 bits per heavy atom. The number of nitrogens with two attached hydrogens (primary N) is 1. The van der Waals surface area contributed by atoms with Crippen LogP contribution in [0, 0.1) is 12.3 Å². The number of aliphatic imine (C=N–C) groups is 1. The normalized spacial score (nSPS) is 13.7. The van der Waals surface area contributed by atoms with E-state index in [1.165, 1.54) is 0 Å². The second-order valence-corrected chi connectivity index (χ2v) is 7.19. The molecule has 3 N–H and O–H groups in total. The first-order valence-electron chi connectivity index (χ1n) is 10.1. The number of terminal acetylenes is 1. The van der Waals surface area contributed by atoms with Gasteiger partial charge in [0.05, 0.1) is 13.2 Å². The highest BCUT2D eigenvalue weighted by Crippen LogP contribution is 2.21. The summed E-state index contributed by atoms with van der Waals surface area (Å²) < 4.78 is 5.02. The molecular weight excluding hydrogens is 392 g/mol. The Morgan fingerprint density at radius 3 is 2.65 bits per heavy atom. The number of amides is 1. The Balaban J connectivity index is 1.62. The smallest absolute Gasteiger partial charge is 0.320 e. The van der Waals surface area contributed by atoms with E-state index in [2.05, 4.69) is 21.1 Å². The Morgan fingerprint density at radius 2 is 1.94 bits per heavy atom. The van der Waals surface area contributed by atoms with Crippen molar-refractivity contribution in [2.24, 2.45) is 10.7 Å². The highest BCUT2D eigenvalue weighted by molar-refractivity contribution is 6.05. The van der Waals surface area contributed by atoms with E-state index in [4.69, 9.17) is 16.9 Å². The van der Waals surface area contributed by atoms with E-state index in [9.17, 15) is 9.59 Å². The highest BCUT2D eigenvalue weighted by Gasteiger charge is 2.20. The second kappa shape index (κ2) is 10.4. The van der Waals surface area contributed by atoms with Crippen LogP contribution in [0.4, 0.5) is 5.69 Å². The monoisotopic (exact) mass is 418 g/mol. The molecule has 0 atom stereocenters. The summed E-state index contributed by atoms with van der Waals surface area (Å²) in [6.07, 6.45) is 5.97. The predicted octanol–water partition coefficient (Wildman–Crippen LogP) is 2.20. The van der Waals surface area contributed by atoms with Gasteiger partial charge < -0.3 is 15.8 Å². The minimum atomic E-state index is -0.211. The maximum Gasteiger partial charge on any atom is 0.320 e. The van der Waals surface area contributed by atoms with Crippen molar-refractivity contribution in [3.8, 4) is 12.3 Å². The Hall–Kier alpha value is -3.63. The third-order valence-corrected chi connectivity index (χ3v) is 5.00. The van der Waals surface area contributed by atoms with Crippen molar-refractivity contribution in [3.05, 3.63) is 64.7 Å². The topological polar surface area (TPSA) is 97.0 Å². The van der Waals surface area contributed by atoms with Gasteiger partial charge in [-0.15, -0.1) is 6.42 Å². The van der Waals surface area contributed by atoms with E-state index < -0.39 is 0 Å². The third-order valence-electron chi connectivity index (χ3n) is 5.00. The summed E-state index contributed by atoms with van der Waals surface area (Å²) in [4.78, 5) is 30.5. The number of nitrogens with zero attached hydrogens (tertiary/aromatic N) is 2. The molecule has 3 rings (SSSR count). The van der Waals surface area contributed by atoms with Crippen molar-refractivity contribution in [3.63, 3.8) is 0 Å². The minimum Gasteiger partial charge on any atom is -0.465 e. The number of rotatable bonds is 7. The lowest BCUT2D eigenvalue weighted by Gasteiger charge is -2.28. The van der Waals surface area contributed by atoms with Gasteiger partial charge in [-0.1, -0.05) is 12.0 Å². The van der Waals surface area contributed by atoms with E-state index in [1.807, 2.05) is 12.1 Å². The van der Waals surface area contributed by atoms with Crippen LogP contribution in [-0.2, 0) is 22.5 Å². The molecule has 1 amide bonds. The summed E-state index contributed by atoms with van der Waals surface area (Å²) in [6, 6.07) is 12.8. The quantitative estimate of drug-likeness (QED) is 0.311. The standard InChI is InChI=1S/C24H26N4O3/c1-3-12-26-23(25)17-7-9-21(10-8-17)27-24(30)19-5-6-20-15-28(13-11-18(20)14-19)16-22(29)31-4-2/h1,5-10,14H,4,11-13,15-16H2,2H3,(H2,25,26)(H,27,30). The Bertz CT molecular complexity index is 1020. The summed E-state index contributed by atoms with van der Waals surface area (Å²) in [6.45, 7) is 4.11. The Kier molecular flexibility index (Phi) is 7.41. The van der Waals surface area contributed by atoms with Gasteiger partial charge in [-0.25, -0.2) is 0 Å². The van der Waals surface area contributed by atoms with Crippen LogP contribution in [0.25, 0.3) is 0 Å². The van der Waals surface area contributed by atoms with Gasteiger partial charge >= 0.3 is 5.97 Å². The summed E-state index contributed by atoms with van der Waals surface area (Å²) in [5, 5.41) is 2.90. The number of benzene rings is 2. The minimum absolute atomic E-state index is 0.182. The molecule has 0 saturated heterocycles. The van der Waals surface area contributed by atoms with Crippen molar-refractivity contribution >= 4 is 23.4 Å². The zero-order chi connectivity index (χ0) is 22.2. The largest absolute Gasteiger partial charge is 0.465 e. The van der Waals surface area contributed by atoms with Gasteiger partial charge in [0.25, 0.3) is 5.91 Å². The molecule has 2 aromatic carbocycles. The number of ether oxygens (including phenoxy) is 1. The van der Waals surface area contributed by atoms with Crippen molar-refractivity contribution < 1.29 is 14.3 Å². The van der Waals surface area contributed by atoms with Crippen LogP contribution in [0.15, 0.2) is 47.5 Å². The first kappa shape index (κ1) is 22.1. The molecule has 2 aromatic rings. The number of anilines is 1. The second-order valence-electron chi connectivity index (χ2n) is 7.19. The van der Waals surface area contributed by atoms with Gasteiger partial charge in [0.2, 0.25) is 0 Å². The van der Waals surface area contributed by atoms with Gasteiger partial charge in [0.1, 0.15) is 12.4 Å². The molecule has 0 unspecified atom stereocenters. The van der Waals surface area contributed by atoms with Crippen LogP contribution in [0.2, 0.25) is 0 Å². The first-order chi connectivity index (χ1) is 15.0. The predicted molar refractivity (Wildman–Crippen MR) is 121 cm³/mol. The lowest BCUT2D eigenvalue weighted by atomic mass is 9.97. The van der Waals surface area contributed by atoms with Crippen molar-refractivity contribution in [2.75, 3.05) is 31.6 Å². The van der Waals surface area contributed by atoms with Crippen LogP contribution < -0.4 is 11.1 Å². The number of hydrogen-bond donors (Lipinski definition) is 2. The van der Waals surface area contributed by atoms with Crippen LogP contribution in [0.5, 0.6) is 0 Å². The number of nitrogens with one attached hydrogen (secondary N) is 1. The van der Waals surface area contributed by atoms with Crippen molar-refractivity contribution in [1.82, 2.24) is 4.90 Å². The molecule has 7 nitrogen and oxygen atoms in total. The molecule has 1 heterocycles. The number of carbonyl (C=O) groups excluding carboxylic acids is 2. The third kappa shape index (κ3) is 5.93. The van der Waals surface area contributed by atoms with Gasteiger partial charge in [-0.3, -0.25) is 19.5 Å². The molecule has 160 valence electrons. The van der Waals surface area contributed by atoms with Gasteiger partial charge in [-0.2, -0.15) is 0 Å². The maximum atomic E-state index is 12.7. The van der Waals surface area contributed by atoms with Gasteiger partial charge in [0.15, 0.2) is 0 Å². The molecule has 0 radical (unpaired) electrons. The van der Waals surface area contributed by atoms with E-state index in [0.717, 1.165) is 29.7 Å². The molecule has 0 spiro atoms.